The molecular formula is C13H16BrNO3. The van der Waals surface area contributed by atoms with Gasteiger partial charge in [-0.3, -0.25) is 4.79 Å². The van der Waals surface area contributed by atoms with Crippen LogP contribution >= 0.6 is 15.9 Å². The van der Waals surface area contributed by atoms with Crippen LogP contribution in [0, 0.1) is 0 Å². The lowest BCUT2D eigenvalue weighted by Crippen LogP contribution is -2.44. The van der Waals surface area contributed by atoms with Gasteiger partial charge >= 0.3 is 0 Å². The molecule has 0 saturated carbocycles. The molecule has 1 saturated heterocycles. The van der Waals surface area contributed by atoms with Gasteiger partial charge in [-0.25, -0.2) is 0 Å². The van der Waals surface area contributed by atoms with Crippen LogP contribution in [-0.2, 0) is 4.74 Å². The fourth-order valence-corrected chi connectivity index (χ4v) is 2.60. The van der Waals surface area contributed by atoms with Crippen molar-refractivity contribution in [2.75, 3.05) is 26.8 Å². The average Bonchev–Trinajstić information content (AvgIpc) is 2.38. The topological polar surface area (TPSA) is 38.8 Å². The fraction of sp³-hybridized carbons (Fsp3) is 0.462. The van der Waals surface area contributed by atoms with E-state index in [1.54, 1.807) is 13.2 Å². The maximum absolute atomic E-state index is 12.4. The van der Waals surface area contributed by atoms with Gasteiger partial charge in [-0.2, -0.15) is 0 Å². The molecule has 0 bridgehead atoms. The molecule has 1 aromatic rings. The van der Waals surface area contributed by atoms with Gasteiger partial charge in [0.1, 0.15) is 5.75 Å². The number of hydrogen-bond acceptors (Lipinski definition) is 3. The Bertz CT molecular complexity index is 450. The molecule has 1 atom stereocenters. The molecule has 0 spiro atoms. The molecule has 18 heavy (non-hydrogen) atoms. The zero-order valence-corrected chi connectivity index (χ0v) is 12.1. The highest BCUT2D eigenvalue weighted by molar-refractivity contribution is 9.10. The number of morpholine rings is 1. The zero-order valence-electron chi connectivity index (χ0n) is 10.5. The molecule has 1 heterocycles. The van der Waals surface area contributed by atoms with Crippen molar-refractivity contribution in [2.24, 2.45) is 0 Å². The maximum atomic E-state index is 12.4. The molecule has 4 nitrogen and oxygen atoms in total. The number of halogens is 1. The molecule has 1 aromatic carbocycles. The lowest BCUT2D eigenvalue weighted by Gasteiger charge is -2.31. The molecule has 1 amide bonds. The highest BCUT2D eigenvalue weighted by Crippen LogP contribution is 2.29. The monoisotopic (exact) mass is 313 g/mol. The highest BCUT2D eigenvalue weighted by Gasteiger charge is 2.24. The summed E-state index contributed by atoms with van der Waals surface area (Å²) in [6.45, 7) is 3.82. The van der Waals surface area contributed by atoms with Crippen LogP contribution in [0.3, 0.4) is 0 Å². The van der Waals surface area contributed by atoms with Crippen LogP contribution in [0.2, 0.25) is 0 Å². The van der Waals surface area contributed by atoms with Crippen LogP contribution in [0.4, 0.5) is 0 Å². The van der Waals surface area contributed by atoms with Crippen LogP contribution in [-0.4, -0.2) is 43.7 Å². The maximum Gasteiger partial charge on any atom is 0.255 e. The van der Waals surface area contributed by atoms with Gasteiger partial charge in [0.05, 0.1) is 29.9 Å². The van der Waals surface area contributed by atoms with Crippen molar-refractivity contribution in [3.63, 3.8) is 0 Å². The molecule has 0 aliphatic carbocycles. The molecule has 2 rings (SSSR count). The quantitative estimate of drug-likeness (QED) is 0.841. The Hall–Kier alpha value is -1.07. The zero-order chi connectivity index (χ0) is 13.1. The number of methoxy groups -OCH3 is 1. The third-order valence-corrected chi connectivity index (χ3v) is 3.76. The Morgan fingerprint density at radius 1 is 1.56 bits per heavy atom. The van der Waals surface area contributed by atoms with Crippen LogP contribution in [0.1, 0.15) is 17.3 Å². The Morgan fingerprint density at radius 3 is 3.00 bits per heavy atom. The Morgan fingerprint density at radius 2 is 2.33 bits per heavy atom. The molecule has 5 heteroatoms. The van der Waals surface area contributed by atoms with Crippen molar-refractivity contribution in [3.8, 4) is 5.75 Å². The molecule has 0 radical (unpaired) electrons. The fourth-order valence-electron chi connectivity index (χ4n) is 2.01. The minimum atomic E-state index is 0.0101. The van der Waals surface area contributed by atoms with E-state index in [0.717, 1.165) is 0 Å². The summed E-state index contributed by atoms with van der Waals surface area (Å²) in [5.41, 5.74) is 0.628. The van der Waals surface area contributed by atoms with Gasteiger partial charge in [-0.1, -0.05) is 6.07 Å². The van der Waals surface area contributed by atoms with E-state index in [4.69, 9.17) is 9.47 Å². The lowest BCUT2D eigenvalue weighted by atomic mass is 10.1. The average molecular weight is 314 g/mol. The van der Waals surface area contributed by atoms with Gasteiger partial charge in [0.2, 0.25) is 0 Å². The SMILES string of the molecule is COc1cccc(C(=O)N2CCO[C@H](C)C2)c1Br. The molecule has 0 unspecified atom stereocenters. The summed E-state index contributed by atoms with van der Waals surface area (Å²) in [6, 6.07) is 5.44. The summed E-state index contributed by atoms with van der Waals surface area (Å²) in [6.07, 6.45) is 0.0899. The molecule has 0 aromatic heterocycles. The van der Waals surface area contributed by atoms with Crippen molar-refractivity contribution >= 4 is 21.8 Å². The first-order chi connectivity index (χ1) is 8.63. The molecule has 1 fully saturated rings. The van der Waals surface area contributed by atoms with Gasteiger partial charge < -0.3 is 14.4 Å². The number of benzene rings is 1. The molecular weight excluding hydrogens is 298 g/mol. The van der Waals surface area contributed by atoms with Crippen LogP contribution in [0.25, 0.3) is 0 Å². The van der Waals surface area contributed by atoms with Crippen molar-refractivity contribution in [2.45, 2.75) is 13.0 Å². The van der Waals surface area contributed by atoms with Gasteiger partial charge in [-0.15, -0.1) is 0 Å². The van der Waals surface area contributed by atoms with Gasteiger partial charge in [-0.05, 0) is 35.0 Å². The Labute approximate surface area is 115 Å². The van der Waals surface area contributed by atoms with E-state index >= 15 is 0 Å². The second-order valence-corrected chi connectivity index (χ2v) is 5.05. The second kappa shape index (κ2) is 5.71. The molecule has 98 valence electrons. The lowest BCUT2D eigenvalue weighted by molar-refractivity contribution is -0.0124. The van der Waals surface area contributed by atoms with Crippen molar-refractivity contribution in [3.05, 3.63) is 28.2 Å². The van der Waals surface area contributed by atoms with E-state index in [9.17, 15) is 4.79 Å². The summed E-state index contributed by atoms with van der Waals surface area (Å²) in [5.74, 6) is 0.679. The number of carbonyl (C=O) groups excluding carboxylic acids is 1. The first-order valence-corrected chi connectivity index (χ1v) is 6.66. The minimum absolute atomic E-state index is 0.0101. The van der Waals surface area contributed by atoms with Crippen molar-refractivity contribution < 1.29 is 14.3 Å². The van der Waals surface area contributed by atoms with E-state index in [1.807, 2.05) is 24.0 Å². The van der Waals surface area contributed by atoms with E-state index < -0.39 is 0 Å². The van der Waals surface area contributed by atoms with Crippen LogP contribution in [0.5, 0.6) is 5.75 Å². The Kier molecular flexibility index (Phi) is 4.24. The minimum Gasteiger partial charge on any atom is -0.496 e. The van der Waals surface area contributed by atoms with E-state index in [1.165, 1.54) is 0 Å². The van der Waals surface area contributed by atoms with Gasteiger partial charge in [0.25, 0.3) is 5.91 Å². The summed E-state index contributed by atoms with van der Waals surface area (Å²) >= 11 is 3.42. The summed E-state index contributed by atoms with van der Waals surface area (Å²) in [4.78, 5) is 14.2. The third-order valence-electron chi connectivity index (χ3n) is 2.94. The van der Waals surface area contributed by atoms with E-state index in [-0.39, 0.29) is 12.0 Å². The Balaban J connectivity index is 2.23. The second-order valence-electron chi connectivity index (χ2n) is 4.25. The molecule has 1 aliphatic heterocycles. The number of rotatable bonds is 2. The standard InChI is InChI=1S/C13H16BrNO3/c1-9-8-15(6-7-18-9)13(16)10-4-3-5-11(17-2)12(10)14/h3-5,9H,6-8H2,1-2H3/t9-/m1/s1. The predicted molar refractivity (Wildman–Crippen MR) is 72.0 cm³/mol. The van der Waals surface area contributed by atoms with E-state index in [2.05, 4.69) is 15.9 Å². The van der Waals surface area contributed by atoms with Crippen LogP contribution < -0.4 is 4.74 Å². The first-order valence-electron chi connectivity index (χ1n) is 5.87. The number of ether oxygens (including phenoxy) is 2. The van der Waals surface area contributed by atoms with Gasteiger partial charge in [0, 0.05) is 13.1 Å². The first kappa shape index (κ1) is 13.4. The summed E-state index contributed by atoms with van der Waals surface area (Å²) in [5, 5.41) is 0. The van der Waals surface area contributed by atoms with Crippen LogP contribution in [0.15, 0.2) is 22.7 Å². The smallest absolute Gasteiger partial charge is 0.255 e. The van der Waals surface area contributed by atoms with Gasteiger partial charge in [0.15, 0.2) is 0 Å². The summed E-state index contributed by atoms with van der Waals surface area (Å²) in [7, 11) is 1.59. The van der Waals surface area contributed by atoms with Crippen molar-refractivity contribution in [1.29, 1.82) is 0 Å². The molecule has 1 aliphatic rings. The number of carbonyl (C=O) groups is 1. The highest BCUT2D eigenvalue weighted by atomic mass is 79.9. The van der Waals surface area contributed by atoms with Crippen molar-refractivity contribution in [1.82, 2.24) is 4.90 Å². The summed E-state index contributed by atoms with van der Waals surface area (Å²) < 4.78 is 11.3. The number of amides is 1. The number of hydrogen-bond donors (Lipinski definition) is 0. The predicted octanol–water partition coefficient (Wildman–Crippen LogP) is 2.32. The molecule has 0 N–H and O–H groups in total. The van der Waals surface area contributed by atoms with E-state index in [0.29, 0.717) is 35.5 Å². The largest absolute Gasteiger partial charge is 0.496 e. The normalized spacial score (nSPS) is 19.7. The third kappa shape index (κ3) is 2.67. The number of nitrogens with zero attached hydrogens (tertiary/aromatic N) is 1.